The van der Waals surface area contributed by atoms with Gasteiger partial charge in [0.25, 0.3) is 5.91 Å². The molecule has 1 amide bonds. The second-order valence-electron chi connectivity index (χ2n) is 5.25. The Morgan fingerprint density at radius 2 is 2.10 bits per heavy atom. The number of pyridine rings is 1. The Balaban J connectivity index is 2.14. The maximum Gasteiger partial charge on any atom is 0.267 e. The summed E-state index contributed by atoms with van der Waals surface area (Å²) >= 11 is 0. The Kier molecular flexibility index (Phi) is 4.44. The van der Waals surface area contributed by atoms with E-state index in [9.17, 15) is 4.79 Å². The Morgan fingerprint density at radius 1 is 1.45 bits per heavy atom. The molecule has 110 valence electrons. The van der Waals surface area contributed by atoms with Gasteiger partial charge in [-0.1, -0.05) is 6.92 Å². The van der Waals surface area contributed by atoms with Gasteiger partial charge in [0.05, 0.1) is 5.69 Å². The highest BCUT2D eigenvalue weighted by atomic mass is 16.1. The molecule has 20 heavy (non-hydrogen) atoms. The largest absolute Gasteiger partial charge is 0.396 e. The van der Waals surface area contributed by atoms with Gasteiger partial charge in [-0.05, 0) is 31.5 Å². The number of nitrogens with two attached hydrogens (primary N) is 2. The Hall–Kier alpha value is -1.82. The number of anilines is 2. The van der Waals surface area contributed by atoms with Crippen molar-refractivity contribution in [3.05, 3.63) is 17.8 Å². The van der Waals surface area contributed by atoms with Crippen LogP contribution in [-0.2, 0) is 0 Å². The number of nitrogen functional groups attached to an aromatic ring is 1. The highest BCUT2D eigenvalue weighted by Crippen LogP contribution is 2.25. The van der Waals surface area contributed by atoms with Gasteiger partial charge in [0, 0.05) is 26.2 Å². The number of nitrogens with zero attached hydrogens (tertiary/aromatic N) is 3. The van der Waals surface area contributed by atoms with Gasteiger partial charge in [-0.3, -0.25) is 4.79 Å². The molecule has 0 unspecified atom stereocenters. The second kappa shape index (κ2) is 6.09. The smallest absolute Gasteiger partial charge is 0.267 e. The molecule has 0 aromatic carbocycles. The van der Waals surface area contributed by atoms with Crippen LogP contribution >= 0.6 is 0 Å². The predicted molar refractivity (Wildman–Crippen MR) is 80.7 cm³/mol. The number of aromatic nitrogens is 1. The summed E-state index contributed by atoms with van der Waals surface area (Å²) in [4.78, 5) is 20.0. The number of likely N-dealkylation sites (tertiary alicyclic amines) is 1. The summed E-state index contributed by atoms with van der Waals surface area (Å²) in [6.45, 7) is 5.44. The fraction of sp³-hybridized carbons (Fsp3) is 0.571. The summed E-state index contributed by atoms with van der Waals surface area (Å²) in [6, 6.07) is 3.66. The number of amides is 1. The van der Waals surface area contributed by atoms with Crippen LogP contribution in [0.5, 0.6) is 0 Å². The van der Waals surface area contributed by atoms with Gasteiger partial charge in [0.2, 0.25) is 0 Å². The van der Waals surface area contributed by atoms with Crippen molar-refractivity contribution >= 4 is 17.4 Å². The van der Waals surface area contributed by atoms with E-state index in [1.807, 2.05) is 7.05 Å². The summed E-state index contributed by atoms with van der Waals surface area (Å²) in [5.74, 6) is 0.122. The average Bonchev–Trinajstić information content (AvgIpc) is 2.47. The number of hydrogen-bond acceptors (Lipinski definition) is 5. The van der Waals surface area contributed by atoms with Crippen LogP contribution in [0.4, 0.5) is 11.5 Å². The molecule has 0 bridgehead atoms. The molecule has 1 aliphatic rings. The van der Waals surface area contributed by atoms with Gasteiger partial charge in [-0.25, -0.2) is 4.98 Å². The molecule has 1 aromatic heterocycles. The van der Waals surface area contributed by atoms with Crippen LogP contribution in [0.3, 0.4) is 0 Å². The lowest BCUT2D eigenvalue weighted by Gasteiger charge is -2.37. The van der Waals surface area contributed by atoms with Crippen LogP contribution in [0.25, 0.3) is 0 Å². The predicted octanol–water partition coefficient (Wildman–Crippen LogP) is 0.683. The summed E-state index contributed by atoms with van der Waals surface area (Å²) in [5.41, 5.74) is 12.1. The van der Waals surface area contributed by atoms with Crippen molar-refractivity contribution in [1.82, 2.24) is 9.88 Å². The topological polar surface area (TPSA) is 88.5 Å². The standard InChI is InChI=1S/C14H23N5O/c1-3-19-8-6-10(7-9-19)18(2)14-11(15)4-5-12(17-14)13(16)20/h4-5,10H,3,6-9,15H2,1-2H3,(H2,16,20). The second-order valence-corrected chi connectivity index (χ2v) is 5.25. The quantitative estimate of drug-likeness (QED) is 0.845. The normalized spacial score (nSPS) is 17.1. The molecule has 0 radical (unpaired) electrons. The molecule has 2 rings (SSSR count). The highest BCUT2D eigenvalue weighted by Gasteiger charge is 2.24. The third kappa shape index (κ3) is 3.01. The van der Waals surface area contributed by atoms with Gasteiger partial charge in [0.15, 0.2) is 5.82 Å². The van der Waals surface area contributed by atoms with Gasteiger partial charge >= 0.3 is 0 Å². The zero-order valence-corrected chi connectivity index (χ0v) is 12.2. The third-order valence-corrected chi connectivity index (χ3v) is 4.04. The fourth-order valence-electron chi connectivity index (χ4n) is 2.67. The Bertz CT molecular complexity index is 482. The molecular weight excluding hydrogens is 254 g/mol. The van der Waals surface area contributed by atoms with E-state index in [4.69, 9.17) is 11.5 Å². The molecular formula is C14H23N5O. The maximum atomic E-state index is 11.2. The first-order valence-corrected chi connectivity index (χ1v) is 7.04. The third-order valence-electron chi connectivity index (χ3n) is 4.04. The molecule has 1 fully saturated rings. The molecule has 6 nitrogen and oxygen atoms in total. The van der Waals surface area contributed by atoms with Crippen LogP contribution in [0.1, 0.15) is 30.3 Å². The van der Waals surface area contributed by atoms with Crippen LogP contribution in [0.2, 0.25) is 0 Å². The number of carbonyl (C=O) groups excluding carboxylic acids is 1. The number of primary amides is 1. The molecule has 1 saturated heterocycles. The lowest BCUT2D eigenvalue weighted by atomic mass is 10.0. The van der Waals surface area contributed by atoms with E-state index in [0.717, 1.165) is 32.5 Å². The van der Waals surface area contributed by atoms with Gasteiger partial charge in [0.1, 0.15) is 5.69 Å². The highest BCUT2D eigenvalue weighted by molar-refractivity contribution is 5.91. The Labute approximate surface area is 119 Å². The molecule has 0 saturated carbocycles. The summed E-state index contributed by atoms with van der Waals surface area (Å²) in [6.07, 6.45) is 2.15. The minimum Gasteiger partial charge on any atom is -0.396 e. The first-order chi connectivity index (χ1) is 9.52. The fourth-order valence-corrected chi connectivity index (χ4v) is 2.67. The van der Waals surface area contributed by atoms with E-state index >= 15 is 0 Å². The van der Waals surface area contributed by atoms with Crippen molar-refractivity contribution in [2.24, 2.45) is 5.73 Å². The van der Waals surface area contributed by atoms with Crippen molar-refractivity contribution < 1.29 is 4.79 Å². The molecule has 1 aliphatic heterocycles. The van der Waals surface area contributed by atoms with E-state index in [-0.39, 0.29) is 5.69 Å². The zero-order chi connectivity index (χ0) is 14.7. The van der Waals surface area contributed by atoms with Gasteiger partial charge in [-0.15, -0.1) is 0 Å². The minimum absolute atomic E-state index is 0.257. The SMILES string of the molecule is CCN1CCC(N(C)c2nc(C(N)=O)ccc2N)CC1. The van der Waals surface area contributed by atoms with Crippen LogP contribution < -0.4 is 16.4 Å². The molecule has 1 aromatic rings. The molecule has 0 spiro atoms. The lowest BCUT2D eigenvalue weighted by Crippen LogP contribution is -2.43. The maximum absolute atomic E-state index is 11.2. The Morgan fingerprint density at radius 3 is 2.65 bits per heavy atom. The van der Waals surface area contributed by atoms with Crippen LogP contribution in [0.15, 0.2) is 12.1 Å². The molecule has 6 heteroatoms. The van der Waals surface area contributed by atoms with Crippen LogP contribution in [-0.4, -0.2) is 48.5 Å². The summed E-state index contributed by atoms with van der Waals surface area (Å²) < 4.78 is 0. The van der Waals surface area contributed by atoms with E-state index < -0.39 is 5.91 Å². The summed E-state index contributed by atoms with van der Waals surface area (Å²) in [5, 5.41) is 0. The number of rotatable bonds is 4. The van der Waals surface area contributed by atoms with E-state index in [1.165, 1.54) is 0 Å². The van der Waals surface area contributed by atoms with E-state index in [1.54, 1.807) is 12.1 Å². The summed E-state index contributed by atoms with van der Waals surface area (Å²) in [7, 11) is 1.98. The van der Waals surface area contributed by atoms with E-state index in [0.29, 0.717) is 17.5 Å². The van der Waals surface area contributed by atoms with Crippen LogP contribution in [0, 0.1) is 0 Å². The average molecular weight is 277 g/mol. The molecule has 0 aliphatic carbocycles. The number of carbonyl (C=O) groups is 1. The van der Waals surface area contributed by atoms with Crippen molar-refractivity contribution in [1.29, 1.82) is 0 Å². The number of piperidine rings is 1. The molecule has 4 N–H and O–H groups in total. The van der Waals surface area contributed by atoms with Crippen molar-refractivity contribution in [3.63, 3.8) is 0 Å². The van der Waals surface area contributed by atoms with Gasteiger partial charge < -0.3 is 21.3 Å². The molecule has 2 heterocycles. The van der Waals surface area contributed by atoms with Crippen molar-refractivity contribution in [3.8, 4) is 0 Å². The van der Waals surface area contributed by atoms with Crippen molar-refractivity contribution in [2.75, 3.05) is 37.3 Å². The number of hydrogen-bond donors (Lipinski definition) is 2. The van der Waals surface area contributed by atoms with E-state index in [2.05, 4.69) is 21.7 Å². The first kappa shape index (κ1) is 14.6. The van der Waals surface area contributed by atoms with Crippen molar-refractivity contribution in [2.45, 2.75) is 25.8 Å². The lowest BCUT2D eigenvalue weighted by molar-refractivity contribution is 0.0995. The van der Waals surface area contributed by atoms with Gasteiger partial charge in [-0.2, -0.15) is 0 Å². The monoisotopic (exact) mass is 277 g/mol. The molecule has 0 atom stereocenters. The minimum atomic E-state index is -0.527. The zero-order valence-electron chi connectivity index (χ0n) is 12.2. The first-order valence-electron chi connectivity index (χ1n) is 7.04.